The number of rotatable bonds is 4. The van der Waals surface area contributed by atoms with E-state index in [4.69, 9.17) is 9.78 Å². The van der Waals surface area contributed by atoms with Gasteiger partial charge in [0.1, 0.15) is 0 Å². The molecule has 0 fully saturated rings. The average molecular weight is 180 g/mol. The summed E-state index contributed by atoms with van der Waals surface area (Å²) in [4.78, 5) is 5.99. The molecular formula is C8H12N4O. The molecule has 1 aromatic rings. The van der Waals surface area contributed by atoms with Gasteiger partial charge < -0.3 is 9.42 Å². The fraction of sp³-hybridized carbons (Fsp3) is 0.625. The van der Waals surface area contributed by atoms with E-state index in [1.54, 1.807) is 0 Å². The number of nitriles is 1. The molecule has 1 aromatic heterocycles. The van der Waals surface area contributed by atoms with Crippen molar-refractivity contribution in [3.63, 3.8) is 0 Å². The molecule has 0 bridgehead atoms. The van der Waals surface area contributed by atoms with Crippen molar-refractivity contribution in [2.24, 2.45) is 0 Å². The number of hydrogen-bond donors (Lipinski definition) is 0. The zero-order valence-corrected chi connectivity index (χ0v) is 7.82. The van der Waals surface area contributed by atoms with Crippen LogP contribution in [-0.2, 0) is 6.42 Å². The Kier molecular flexibility index (Phi) is 3.26. The topological polar surface area (TPSA) is 66.0 Å². The maximum atomic E-state index is 8.34. The standard InChI is InChI=1S/C8H12N4O/c1-3-12(2)8-10-7(13-11-8)5-4-6-9/h3-5H2,1-2H3. The molecule has 0 aliphatic carbocycles. The van der Waals surface area contributed by atoms with Crippen LogP contribution in [0.3, 0.4) is 0 Å². The fourth-order valence-electron chi connectivity index (χ4n) is 0.807. The third kappa shape index (κ3) is 2.44. The van der Waals surface area contributed by atoms with Gasteiger partial charge in [-0.2, -0.15) is 10.2 Å². The first kappa shape index (κ1) is 9.52. The summed E-state index contributed by atoms with van der Waals surface area (Å²) in [5.74, 6) is 1.10. The lowest BCUT2D eigenvalue weighted by Gasteiger charge is -2.08. The van der Waals surface area contributed by atoms with E-state index < -0.39 is 0 Å². The summed E-state index contributed by atoms with van der Waals surface area (Å²) >= 11 is 0. The number of aryl methyl sites for hydroxylation is 1. The molecule has 0 amide bonds. The predicted octanol–water partition coefficient (Wildman–Crippen LogP) is 0.982. The van der Waals surface area contributed by atoms with Gasteiger partial charge in [0.25, 0.3) is 5.95 Å². The molecule has 0 spiro atoms. The van der Waals surface area contributed by atoms with E-state index in [0.29, 0.717) is 24.7 Å². The third-order valence-corrected chi connectivity index (χ3v) is 1.72. The predicted molar refractivity (Wildman–Crippen MR) is 47.2 cm³/mol. The Labute approximate surface area is 77.0 Å². The van der Waals surface area contributed by atoms with Crippen molar-refractivity contribution in [1.29, 1.82) is 5.26 Å². The Morgan fingerprint density at radius 3 is 3.00 bits per heavy atom. The summed E-state index contributed by atoms with van der Waals surface area (Å²) in [6.07, 6.45) is 0.943. The second-order valence-corrected chi connectivity index (χ2v) is 2.66. The van der Waals surface area contributed by atoms with Crippen LogP contribution in [0.5, 0.6) is 0 Å². The molecule has 0 aliphatic rings. The van der Waals surface area contributed by atoms with Crippen LogP contribution in [0.2, 0.25) is 0 Å². The fourth-order valence-corrected chi connectivity index (χ4v) is 0.807. The van der Waals surface area contributed by atoms with Crippen LogP contribution in [0.1, 0.15) is 19.2 Å². The zero-order chi connectivity index (χ0) is 9.68. The number of nitrogens with zero attached hydrogens (tertiary/aromatic N) is 4. The molecule has 0 unspecified atom stereocenters. The van der Waals surface area contributed by atoms with Gasteiger partial charge in [-0.25, -0.2) is 0 Å². The van der Waals surface area contributed by atoms with Crippen LogP contribution < -0.4 is 4.90 Å². The Morgan fingerprint density at radius 1 is 1.62 bits per heavy atom. The van der Waals surface area contributed by atoms with E-state index in [0.717, 1.165) is 6.54 Å². The molecule has 0 atom stereocenters. The molecule has 0 N–H and O–H groups in total. The van der Waals surface area contributed by atoms with E-state index in [1.165, 1.54) is 0 Å². The highest BCUT2D eigenvalue weighted by molar-refractivity contribution is 5.25. The molecule has 0 saturated heterocycles. The summed E-state index contributed by atoms with van der Waals surface area (Å²) in [7, 11) is 1.89. The average Bonchev–Trinajstić information content (AvgIpc) is 2.62. The molecule has 0 saturated carbocycles. The lowest BCUT2D eigenvalue weighted by Crippen LogP contribution is -2.17. The molecule has 1 heterocycles. The monoisotopic (exact) mass is 180 g/mol. The van der Waals surface area contributed by atoms with Gasteiger partial charge in [0.05, 0.1) is 6.07 Å². The number of anilines is 1. The van der Waals surface area contributed by atoms with Crippen molar-refractivity contribution in [1.82, 2.24) is 10.1 Å². The third-order valence-electron chi connectivity index (χ3n) is 1.72. The van der Waals surface area contributed by atoms with Crippen molar-refractivity contribution in [3.05, 3.63) is 5.89 Å². The summed E-state index contributed by atoms with van der Waals surface area (Å²) in [6, 6.07) is 2.03. The van der Waals surface area contributed by atoms with Gasteiger partial charge in [0.15, 0.2) is 0 Å². The maximum Gasteiger partial charge on any atom is 0.265 e. The van der Waals surface area contributed by atoms with Gasteiger partial charge in [-0.3, -0.25) is 0 Å². The smallest absolute Gasteiger partial charge is 0.265 e. The Bertz CT molecular complexity index is 301. The molecule has 0 aliphatic heterocycles. The van der Waals surface area contributed by atoms with Crippen LogP contribution in [-0.4, -0.2) is 23.7 Å². The van der Waals surface area contributed by atoms with Gasteiger partial charge >= 0.3 is 0 Å². The van der Waals surface area contributed by atoms with Crippen LogP contribution >= 0.6 is 0 Å². The van der Waals surface area contributed by atoms with E-state index in [9.17, 15) is 0 Å². The summed E-state index contributed by atoms with van der Waals surface area (Å²) < 4.78 is 4.94. The first-order valence-electron chi connectivity index (χ1n) is 4.18. The molecule has 70 valence electrons. The molecule has 13 heavy (non-hydrogen) atoms. The highest BCUT2D eigenvalue weighted by Crippen LogP contribution is 2.07. The largest absolute Gasteiger partial charge is 0.342 e. The van der Waals surface area contributed by atoms with E-state index >= 15 is 0 Å². The quantitative estimate of drug-likeness (QED) is 0.691. The zero-order valence-electron chi connectivity index (χ0n) is 7.82. The van der Waals surface area contributed by atoms with Crippen LogP contribution in [0.4, 0.5) is 5.95 Å². The number of aromatic nitrogens is 2. The van der Waals surface area contributed by atoms with Crippen LogP contribution in [0, 0.1) is 11.3 Å². The SMILES string of the molecule is CCN(C)c1noc(CCC#N)n1. The molecule has 0 aromatic carbocycles. The minimum absolute atomic E-state index is 0.414. The second-order valence-electron chi connectivity index (χ2n) is 2.66. The molecule has 5 heteroatoms. The normalized spacial score (nSPS) is 9.62. The lowest BCUT2D eigenvalue weighted by molar-refractivity contribution is 0.379. The van der Waals surface area contributed by atoms with Crippen LogP contribution in [0.15, 0.2) is 4.52 Å². The first-order valence-corrected chi connectivity index (χ1v) is 4.18. The van der Waals surface area contributed by atoms with Gasteiger partial charge in [-0.1, -0.05) is 0 Å². The van der Waals surface area contributed by atoms with Gasteiger partial charge in [0.2, 0.25) is 5.89 Å². The van der Waals surface area contributed by atoms with Crippen molar-refractivity contribution >= 4 is 5.95 Å². The van der Waals surface area contributed by atoms with E-state index in [2.05, 4.69) is 10.1 Å². The number of hydrogen-bond acceptors (Lipinski definition) is 5. The summed E-state index contributed by atoms with van der Waals surface area (Å²) in [6.45, 7) is 2.84. The first-order chi connectivity index (χ1) is 6.27. The minimum atomic E-state index is 0.414. The van der Waals surface area contributed by atoms with Crippen LogP contribution in [0.25, 0.3) is 0 Å². The van der Waals surface area contributed by atoms with Gasteiger partial charge in [0, 0.05) is 26.4 Å². The van der Waals surface area contributed by atoms with Gasteiger partial charge in [-0.15, -0.1) is 0 Å². The maximum absolute atomic E-state index is 8.34. The highest BCUT2D eigenvalue weighted by atomic mass is 16.5. The Hall–Kier alpha value is -1.57. The van der Waals surface area contributed by atoms with E-state index in [1.807, 2.05) is 24.9 Å². The molecule has 1 rings (SSSR count). The summed E-state index contributed by atoms with van der Waals surface area (Å²) in [5, 5.41) is 12.1. The van der Waals surface area contributed by atoms with Crippen molar-refractivity contribution in [3.8, 4) is 6.07 Å². The summed E-state index contributed by atoms with van der Waals surface area (Å²) in [5.41, 5.74) is 0. The van der Waals surface area contributed by atoms with E-state index in [-0.39, 0.29) is 0 Å². The Morgan fingerprint density at radius 2 is 2.38 bits per heavy atom. The molecular weight excluding hydrogens is 168 g/mol. The molecule has 0 radical (unpaired) electrons. The van der Waals surface area contributed by atoms with Crippen molar-refractivity contribution in [2.75, 3.05) is 18.5 Å². The lowest BCUT2D eigenvalue weighted by atomic mass is 10.3. The van der Waals surface area contributed by atoms with Crippen molar-refractivity contribution in [2.45, 2.75) is 19.8 Å². The second kappa shape index (κ2) is 4.45. The molecule has 5 nitrogen and oxygen atoms in total. The van der Waals surface area contributed by atoms with Gasteiger partial charge in [-0.05, 0) is 12.1 Å². The Balaban J connectivity index is 2.59. The van der Waals surface area contributed by atoms with Crippen molar-refractivity contribution < 1.29 is 4.52 Å². The minimum Gasteiger partial charge on any atom is -0.342 e. The highest BCUT2D eigenvalue weighted by Gasteiger charge is 2.08.